The third-order valence-electron chi connectivity index (χ3n) is 6.78. The van der Waals surface area contributed by atoms with Gasteiger partial charge in [-0.2, -0.15) is 0 Å². The number of hydrogen-bond donors (Lipinski definition) is 2. The summed E-state index contributed by atoms with van der Waals surface area (Å²) in [6.07, 6.45) is 2.02. The molecule has 4 rings (SSSR count). The number of ether oxygens (including phenoxy) is 1. The lowest BCUT2D eigenvalue weighted by atomic mass is 9.71. The van der Waals surface area contributed by atoms with Crippen molar-refractivity contribution in [2.75, 3.05) is 20.2 Å². The van der Waals surface area contributed by atoms with E-state index in [0.717, 1.165) is 58.8 Å². The molecule has 0 spiro atoms. The van der Waals surface area contributed by atoms with Crippen molar-refractivity contribution in [2.45, 2.75) is 53.1 Å². The first-order valence-electron chi connectivity index (χ1n) is 12.1. The summed E-state index contributed by atoms with van der Waals surface area (Å²) in [6.45, 7) is 8.18. The van der Waals surface area contributed by atoms with E-state index < -0.39 is 6.10 Å². The maximum Gasteiger partial charge on any atom is 0.160 e. The summed E-state index contributed by atoms with van der Waals surface area (Å²) in [6, 6.07) is 7.61. The van der Waals surface area contributed by atoms with Crippen LogP contribution in [0.1, 0.15) is 42.5 Å². The van der Waals surface area contributed by atoms with Gasteiger partial charge in [-0.05, 0) is 77.6 Å². The van der Waals surface area contributed by atoms with Gasteiger partial charge in [0, 0.05) is 23.7 Å². The average molecular weight is 479 g/mol. The molecule has 0 bridgehead atoms. The smallest absolute Gasteiger partial charge is 0.160 e. The summed E-state index contributed by atoms with van der Waals surface area (Å²) in [7, 11) is 1.79. The van der Waals surface area contributed by atoms with Crippen molar-refractivity contribution in [3.8, 4) is 28.4 Å². The molecule has 1 unspecified atom stereocenters. The number of aliphatic hydroxyl groups is 1. The second kappa shape index (κ2) is 10.7. The molecule has 2 heterocycles. The van der Waals surface area contributed by atoms with E-state index in [-0.39, 0.29) is 18.3 Å². The van der Waals surface area contributed by atoms with Crippen LogP contribution in [0.3, 0.4) is 0 Å². The van der Waals surface area contributed by atoms with Gasteiger partial charge in [0.25, 0.3) is 0 Å². The Balaban J connectivity index is 1.68. The predicted octanol–water partition coefficient (Wildman–Crippen LogP) is 3.84. The van der Waals surface area contributed by atoms with Crippen molar-refractivity contribution in [2.24, 2.45) is 11.8 Å². The Hall–Kier alpha value is -3.10. The molecule has 186 valence electrons. The van der Waals surface area contributed by atoms with Crippen LogP contribution in [0.2, 0.25) is 0 Å². The molecule has 8 nitrogen and oxygen atoms in total. The highest BCUT2D eigenvalue weighted by atomic mass is 16.5. The zero-order chi connectivity index (χ0) is 25.1. The highest BCUT2D eigenvalue weighted by molar-refractivity contribution is 5.79. The van der Waals surface area contributed by atoms with Crippen molar-refractivity contribution in [1.82, 2.24) is 20.4 Å². The summed E-state index contributed by atoms with van der Waals surface area (Å²) in [5.74, 6) is 2.85. The van der Waals surface area contributed by atoms with E-state index in [2.05, 4.69) is 10.5 Å². The number of benzene rings is 1. The monoisotopic (exact) mass is 478 g/mol. The Kier molecular flexibility index (Phi) is 7.62. The molecule has 0 aliphatic heterocycles. The van der Waals surface area contributed by atoms with Crippen LogP contribution in [-0.2, 0) is 11.2 Å². The fraction of sp³-hybridized carbons (Fsp3) is 0.481. The van der Waals surface area contributed by atoms with E-state index in [9.17, 15) is 9.90 Å². The third kappa shape index (κ3) is 5.60. The van der Waals surface area contributed by atoms with E-state index in [4.69, 9.17) is 19.2 Å². The molecule has 1 fully saturated rings. The van der Waals surface area contributed by atoms with Crippen LogP contribution in [0.15, 0.2) is 28.8 Å². The quantitative estimate of drug-likeness (QED) is 0.452. The van der Waals surface area contributed by atoms with Gasteiger partial charge in [0.15, 0.2) is 5.82 Å². The molecule has 0 radical (unpaired) electrons. The van der Waals surface area contributed by atoms with E-state index >= 15 is 0 Å². The van der Waals surface area contributed by atoms with Gasteiger partial charge in [-0.25, -0.2) is 9.97 Å². The lowest BCUT2D eigenvalue weighted by Crippen LogP contribution is -2.30. The lowest BCUT2D eigenvalue weighted by molar-refractivity contribution is -0.124. The molecule has 1 saturated carbocycles. The van der Waals surface area contributed by atoms with Crippen molar-refractivity contribution in [1.29, 1.82) is 0 Å². The number of Topliss-reactive ketones (excluding diaryl/α,β-unsaturated/α-hetero) is 1. The van der Waals surface area contributed by atoms with E-state index in [1.807, 2.05) is 45.0 Å². The minimum Gasteiger partial charge on any atom is -0.491 e. The minimum absolute atomic E-state index is 0.177. The molecule has 8 heteroatoms. The van der Waals surface area contributed by atoms with Gasteiger partial charge < -0.3 is 19.7 Å². The molecule has 1 aliphatic carbocycles. The van der Waals surface area contributed by atoms with Crippen molar-refractivity contribution in [3.63, 3.8) is 0 Å². The van der Waals surface area contributed by atoms with Crippen molar-refractivity contribution >= 4 is 5.78 Å². The highest BCUT2D eigenvalue weighted by Gasteiger charge is 2.33. The average Bonchev–Trinajstić information content (AvgIpc) is 3.13. The number of nitrogens with zero attached hydrogens (tertiary/aromatic N) is 3. The first-order chi connectivity index (χ1) is 16.8. The van der Waals surface area contributed by atoms with Gasteiger partial charge in [0.2, 0.25) is 0 Å². The highest BCUT2D eigenvalue weighted by Crippen LogP contribution is 2.39. The van der Waals surface area contributed by atoms with Crippen LogP contribution >= 0.6 is 0 Å². The number of carbonyl (C=O) groups is 1. The van der Waals surface area contributed by atoms with Gasteiger partial charge in [-0.1, -0.05) is 17.3 Å². The number of aliphatic hydroxyl groups excluding tert-OH is 1. The largest absolute Gasteiger partial charge is 0.491 e. The van der Waals surface area contributed by atoms with E-state index in [1.54, 1.807) is 14.0 Å². The van der Waals surface area contributed by atoms with Crippen LogP contribution in [0.4, 0.5) is 0 Å². The Morgan fingerprint density at radius 2 is 2.03 bits per heavy atom. The summed E-state index contributed by atoms with van der Waals surface area (Å²) in [5.41, 5.74) is 5.32. The molecule has 0 saturated heterocycles. The second-order valence-corrected chi connectivity index (χ2v) is 9.57. The predicted molar refractivity (Wildman–Crippen MR) is 133 cm³/mol. The molecule has 2 N–H and O–H groups in total. The van der Waals surface area contributed by atoms with E-state index in [0.29, 0.717) is 24.0 Å². The summed E-state index contributed by atoms with van der Waals surface area (Å²) >= 11 is 0. The van der Waals surface area contributed by atoms with Gasteiger partial charge >= 0.3 is 0 Å². The molecule has 2 aromatic heterocycles. The van der Waals surface area contributed by atoms with Crippen LogP contribution < -0.4 is 10.1 Å². The van der Waals surface area contributed by atoms with Crippen LogP contribution in [0.5, 0.6) is 5.75 Å². The number of carbonyl (C=O) groups excluding carboxylic acids is 1. The summed E-state index contributed by atoms with van der Waals surface area (Å²) in [4.78, 5) is 21.6. The van der Waals surface area contributed by atoms with Gasteiger partial charge in [-0.3, -0.25) is 4.79 Å². The van der Waals surface area contributed by atoms with E-state index in [1.165, 1.54) is 0 Å². The Bertz CT molecular complexity index is 1180. The number of rotatable bonds is 10. The fourth-order valence-electron chi connectivity index (χ4n) is 4.68. The third-order valence-corrected chi connectivity index (χ3v) is 6.78. The maximum atomic E-state index is 11.7. The number of nitrogens with one attached hydrogen (secondary N) is 1. The standard InChI is InChI=1S/C27H34N4O4/c1-15-24(11-19-9-21(10-19)17(3)32)29-27(30-26(15)25-16(2)31-35-18(25)4)20-7-6-8-23(12-20)34-14-22(33)13-28-5/h6-8,12,19,21-22,28,33H,9-11,13-14H2,1-5H3. The maximum absolute atomic E-state index is 11.7. The number of ketones is 1. The fourth-order valence-corrected chi connectivity index (χ4v) is 4.68. The SMILES string of the molecule is CNCC(O)COc1cccc(-c2nc(CC3CC(C(C)=O)C3)c(C)c(-c3c(C)noc3C)n2)c1. The van der Waals surface area contributed by atoms with Crippen LogP contribution in [0.25, 0.3) is 22.6 Å². The Morgan fingerprint density at radius 3 is 2.69 bits per heavy atom. The molecule has 1 atom stereocenters. The molecular formula is C27H34N4O4. The number of aryl methyl sites for hydroxylation is 2. The summed E-state index contributed by atoms with van der Waals surface area (Å²) < 4.78 is 11.2. The molecule has 3 aromatic rings. The van der Waals surface area contributed by atoms with Crippen molar-refractivity contribution < 1.29 is 19.2 Å². The zero-order valence-electron chi connectivity index (χ0n) is 21.1. The topological polar surface area (TPSA) is 110 Å². The first kappa shape index (κ1) is 25.0. The molecular weight excluding hydrogens is 444 g/mol. The van der Waals surface area contributed by atoms with Gasteiger partial charge in [0.1, 0.15) is 30.0 Å². The van der Waals surface area contributed by atoms with Gasteiger partial charge in [-0.15, -0.1) is 0 Å². The van der Waals surface area contributed by atoms with Crippen molar-refractivity contribution in [3.05, 3.63) is 47.0 Å². The Morgan fingerprint density at radius 1 is 1.26 bits per heavy atom. The Labute approximate surface area is 206 Å². The number of likely N-dealkylation sites (N-methyl/N-ethyl adjacent to an activating group) is 1. The zero-order valence-corrected chi connectivity index (χ0v) is 21.1. The minimum atomic E-state index is -0.599. The number of hydrogen-bond acceptors (Lipinski definition) is 8. The molecule has 1 aliphatic rings. The molecule has 35 heavy (non-hydrogen) atoms. The number of aromatic nitrogens is 3. The summed E-state index contributed by atoms with van der Waals surface area (Å²) in [5, 5.41) is 17.0. The molecule has 1 aromatic carbocycles. The normalized spacial score (nSPS) is 18.2. The second-order valence-electron chi connectivity index (χ2n) is 9.57. The first-order valence-corrected chi connectivity index (χ1v) is 12.1. The molecule has 0 amide bonds. The van der Waals surface area contributed by atoms with Crippen LogP contribution in [-0.4, -0.2) is 52.3 Å². The lowest BCUT2D eigenvalue weighted by Gasteiger charge is -2.33. The van der Waals surface area contributed by atoms with Gasteiger partial charge in [0.05, 0.1) is 17.0 Å². The van der Waals surface area contributed by atoms with Crippen LogP contribution in [0, 0.1) is 32.6 Å².